The van der Waals surface area contributed by atoms with Crippen molar-refractivity contribution >= 4 is 12.1 Å². The number of benzene rings is 1. The van der Waals surface area contributed by atoms with E-state index in [0.717, 1.165) is 17.7 Å². The van der Waals surface area contributed by atoms with Gasteiger partial charge in [0.05, 0.1) is 11.7 Å². The third-order valence-electron chi connectivity index (χ3n) is 4.90. The molecule has 2 atom stereocenters. The second-order valence-electron chi connectivity index (χ2n) is 10.0. The highest BCUT2D eigenvalue weighted by molar-refractivity contribution is 5.80. The number of aliphatic carboxylic acids is 1. The van der Waals surface area contributed by atoms with Gasteiger partial charge in [-0.25, -0.2) is 9.59 Å². The van der Waals surface area contributed by atoms with Crippen LogP contribution in [0.25, 0.3) is 0 Å². The van der Waals surface area contributed by atoms with Gasteiger partial charge in [-0.1, -0.05) is 51.1 Å². The van der Waals surface area contributed by atoms with E-state index in [-0.39, 0.29) is 17.9 Å². The zero-order valence-corrected chi connectivity index (χ0v) is 19.9. The lowest BCUT2D eigenvalue weighted by atomic mass is 9.83. The van der Waals surface area contributed by atoms with Crippen LogP contribution in [0.5, 0.6) is 0 Å². The molecule has 0 spiro atoms. The molecule has 2 aromatic rings. The predicted molar refractivity (Wildman–Crippen MR) is 123 cm³/mol. The van der Waals surface area contributed by atoms with E-state index in [2.05, 4.69) is 53.7 Å². The summed E-state index contributed by atoms with van der Waals surface area (Å²) in [5.41, 5.74) is 2.32. The van der Waals surface area contributed by atoms with Crippen LogP contribution in [0.3, 0.4) is 0 Å². The van der Waals surface area contributed by atoms with Gasteiger partial charge in [0, 0.05) is 12.6 Å². The van der Waals surface area contributed by atoms with Gasteiger partial charge >= 0.3 is 12.1 Å². The third-order valence-corrected chi connectivity index (χ3v) is 4.90. The molecule has 1 amide bonds. The molecular formula is C24H36N4O4. The first kappa shape index (κ1) is 25.4. The second kappa shape index (κ2) is 10.6. The lowest BCUT2D eigenvalue weighted by Gasteiger charge is -2.31. The molecule has 1 aromatic heterocycles. The molecule has 0 aliphatic rings. The molecule has 2 rings (SSSR count). The molecule has 0 aliphatic carbocycles. The molecule has 0 aliphatic heterocycles. The monoisotopic (exact) mass is 444 g/mol. The van der Waals surface area contributed by atoms with Crippen molar-refractivity contribution in [3.05, 3.63) is 53.3 Å². The molecule has 8 heteroatoms. The number of nitrogens with zero attached hydrogens (tertiary/aromatic N) is 1. The summed E-state index contributed by atoms with van der Waals surface area (Å²) in [4.78, 5) is 23.6. The fourth-order valence-corrected chi connectivity index (χ4v) is 3.43. The molecule has 32 heavy (non-hydrogen) atoms. The largest absolute Gasteiger partial charge is 0.480 e. The van der Waals surface area contributed by atoms with Crippen molar-refractivity contribution in [2.45, 2.75) is 72.1 Å². The van der Waals surface area contributed by atoms with Crippen molar-refractivity contribution < 1.29 is 19.4 Å². The highest BCUT2D eigenvalue weighted by Gasteiger charge is 2.31. The number of carboxylic acid groups (broad SMARTS) is 1. The molecule has 0 saturated carbocycles. The summed E-state index contributed by atoms with van der Waals surface area (Å²) in [6, 6.07) is 9.01. The molecule has 0 fully saturated rings. The maximum Gasteiger partial charge on any atom is 0.408 e. The summed E-state index contributed by atoms with van der Waals surface area (Å²) in [5.74, 6) is -1.10. The molecule has 8 nitrogen and oxygen atoms in total. The molecule has 4 N–H and O–H groups in total. The predicted octanol–water partition coefficient (Wildman–Crippen LogP) is 4.05. The van der Waals surface area contributed by atoms with Crippen molar-refractivity contribution in [3.63, 3.8) is 0 Å². The van der Waals surface area contributed by atoms with Crippen molar-refractivity contribution in [1.29, 1.82) is 0 Å². The normalized spacial score (nSPS) is 13.9. The first-order valence-electron chi connectivity index (χ1n) is 10.9. The van der Waals surface area contributed by atoms with Crippen LogP contribution >= 0.6 is 0 Å². The number of H-pyrrole nitrogens is 1. The Balaban J connectivity index is 2.07. The lowest BCUT2D eigenvalue weighted by Crippen LogP contribution is -2.45. The quantitative estimate of drug-likeness (QED) is 0.464. The summed E-state index contributed by atoms with van der Waals surface area (Å²) >= 11 is 0. The van der Waals surface area contributed by atoms with Crippen molar-refractivity contribution in [1.82, 2.24) is 20.8 Å². The number of carbonyl (C=O) groups is 2. The Hall–Kier alpha value is -2.87. The van der Waals surface area contributed by atoms with Crippen LogP contribution in [0.15, 0.2) is 36.5 Å². The van der Waals surface area contributed by atoms with Crippen LogP contribution in [0.2, 0.25) is 0 Å². The van der Waals surface area contributed by atoms with Crippen LogP contribution in [-0.2, 0) is 16.0 Å². The number of carboxylic acids is 1. The second-order valence-corrected chi connectivity index (χ2v) is 10.0. The van der Waals surface area contributed by atoms with E-state index in [1.54, 1.807) is 20.8 Å². The average Bonchev–Trinajstić information content (AvgIpc) is 3.09. The van der Waals surface area contributed by atoms with Crippen molar-refractivity contribution in [3.8, 4) is 0 Å². The SMILES string of the molecule is CC(C)(C)OC(=O)N[C@@H](CCN[C@@H](c1n[nH]cc1Cc1ccccc1)C(C)(C)C)C(=O)O. The number of rotatable bonds is 9. The Bertz CT molecular complexity index is 881. The van der Waals surface area contributed by atoms with Crippen LogP contribution < -0.4 is 10.6 Å². The van der Waals surface area contributed by atoms with Gasteiger partial charge in [-0.05, 0) is 50.3 Å². The van der Waals surface area contributed by atoms with Crippen LogP contribution in [-0.4, -0.2) is 45.6 Å². The molecule has 0 bridgehead atoms. The van der Waals surface area contributed by atoms with Crippen LogP contribution in [0.1, 0.15) is 70.8 Å². The highest BCUT2D eigenvalue weighted by Crippen LogP contribution is 2.34. The summed E-state index contributed by atoms with van der Waals surface area (Å²) in [6.45, 7) is 11.9. The molecule has 0 radical (unpaired) electrons. The Kier molecular flexibility index (Phi) is 8.44. The van der Waals surface area contributed by atoms with E-state index in [4.69, 9.17) is 4.74 Å². The third kappa shape index (κ3) is 8.00. The van der Waals surface area contributed by atoms with Gasteiger partial charge < -0.3 is 20.5 Å². The van der Waals surface area contributed by atoms with E-state index in [0.29, 0.717) is 6.54 Å². The molecule has 0 unspecified atom stereocenters. The summed E-state index contributed by atoms with van der Waals surface area (Å²) in [7, 11) is 0. The number of nitrogens with one attached hydrogen (secondary N) is 3. The van der Waals surface area contributed by atoms with Crippen LogP contribution in [0.4, 0.5) is 4.79 Å². The standard InChI is InChI=1S/C24H36N4O4/c1-23(2,3)20(19-17(15-26-28-19)14-16-10-8-7-9-11-16)25-13-12-18(21(29)30)27-22(31)32-24(4,5)6/h7-11,15,18,20,25H,12-14H2,1-6H3,(H,26,28)(H,27,31)(H,29,30)/t18-,20-/m0/s1. The molecule has 1 heterocycles. The van der Waals surface area contributed by atoms with E-state index in [9.17, 15) is 14.7 Å². The van der Waals surface area contributed by atoms with Crippen molar-refractivity contribution in [2.75, 3.05) is 6.54 Å². The summed E-state index contributed by atoms with van der Waals surface area (Å²) in [5, 5.41) is 22.9. The number of ether oxygens (including phenoxy) is 1. The minimum Gasteiger partial charge on any atom is -0.480 e. The van der Waals surface area contributed by atoms with E-state index >= 15 is 0 Å². The number of aromatic nitrogens is 2. The smallest absolute Gasteiger partial charge is 0.408 e. The van der Waals surface area contributed by atoms with Crippen LogP contribution in [0, 0.1) is 5.41 Å². The number of hydrogen-bond donors (Lipinski definition) is 4. The molecule has 0 saturated heterocycles. The molecule has 1 aromatic carbocycles. The van der Waals surface area contributed by atoms with Gasteiger partial charge in [0.1, 0.15) is 11.6 Å². The Morgan fingerprint density at radius 3 is 2.34 bits per heavy atom. The number of alkyl carbamates (subject to hydrolysis) is 1. The molecule has 176 valence electrons. The van der Waals surface area contributed by atoms with Gasteiger partial charge in [0.25, 0.3) is 0 Å². The maximum atomic E-state index is 12.0. The summed E-state index contributed by atoms with van der Waals surface area (Å²) < 4.78 is 5.18. The number of aromatic amines is 1. The fraction of sp³-hybridized carbons (Fsp3) is 0.542. The van der Waals surface area contributed by atoms with Crippen molar-refractivity contribution in [2.24, 2.45) is 5.41 Å². The van der Waals surface area contributed by atoms with E-state index in [1.807, 2.05) is 24.4 Å². The van der Waals surface area contributed by atoms with E-state index in [1.165, 1.54) is 5.56 Å². The Morgan fingerprint density at radius 1 is 1.12 bits per heavy atom. The maximum absolute atomic E-state index is 12.0. The number of amides is 1. The lowest BCUT2D eigenvalue weighted by molar-refractivity contribution is -0.139. The topological polar surface area (TPSA) is 116 Å². The van der Waals surface area contributed by atoms with E-state index < -0.39 is 23.7 Å². The zero-order valence-electron chi connectivity index (χ0n) is 19.9. The van der Waals surface area contributed by atoms with Gasteiger partial charge in [-0.15, -0.1) is 0 Å². The van der Waals surface area contributed by atoms with Gasteiger partial charge in [-0.3, -0.25) is 5.10 Å². The fourth-order valence-electron chi connectivity index (χ4n) is 3.43. The minimum absolute atomic E-state index is 0.108. The highest BCUT2D eigenvalue weighted by atomic mass is 16.6. The summed E-state index contributed by atoms with van der Waals surface area (Å²) in [6.07, 6.45) is 2.13. The molecular weight excluding hydrogens is 408 g/mol. The first-order chi connectivity index (χ1) is 14.9. The number of carbonyl (C=O) groups excluding carboxylic acids is 1. The Morgan fingerprint density at radius 2 is 1.78 bits per heavy atom. The van der Waals surface area contributed by atoms with Gasteiger partial charge in [0.2, 0.25) is 0 Å². The van der Waals surface area contributed by atoms with Gasteiger partial charge in [-0.2, -0.15) is 5.10 Å². The van der Waals surface area contributed by atoms with Gasteiger partial charge in [0.15, 0.2) is 0 Å². The minimum atomic E-state index is -1.10. The zero-order chi connectivity index (χ0) is 23.9. The number of hydrogen-bond acceptors (Lipinski definition) is 5. The Labute approximate surface area is 190 Å². The average molecular weight is 445 g/mol. The first-order valence-corrected chi connectivity index (χ1v) is 10.9.